The highest BCUT2D eigenvalue weighted by atomic mass is 16.5. The predicted molar refractivity (Wildman–Crippen MR) is 81.4 cm³/mol. The van der Waals surface area contributed by atoms with Crippen molar-refractivity contribution < 1.29 is 4.74 Å². The van der Waals surface area contributed by atoms with Gasteiger partial charge in [0.2, 0.25) is 0 Å². The maximum atomic E-state index is 5.74. The normalized spacial score (nSPS) is 26.4. The third kappa shape index (κ3) is 5.43. The first-order valence-electron chi connectivity index (χ1n) is 8.60. The Labute approximate surface area is 119 Å². The van der Waals surface area contributed by atoms with Crippen molar-refractivity contribution in [3.8, 4) is 0 Å². The minimum atomic E-state index is 0.585. The Morgan fingerprint density at radius 1 is 1.11 bits per heavy atom. The van der Waals surface area contributed by atoms with E-state index in [0.717, 1.165) is 18.4 Å². The molecule has 0 aromatic rings. The van der Waals surface area contributed by atoms with E-state index in [1.807, 2.05) is 0 Å². The van der Waals surface area contributed by atoms with Crippen LogP contribution >= 0.6 is 0 Å². The van der Waals surface area contributed by atoms with Gasteiger partial charge in [-0.3, -0.25) is 0 Å². The van der Waals surface area contributed by atoms with Gasteiger partial charge in [-0.15, -0.1) is 0 Å². The molecule has 0 aromatic carbocycles. The molecule has 2 fully saturated rings. The molecule has 1 N–H and O–H groups in total. The molecule has 2 heteroatoms. The predicted octanol–water partition coefficient (Wildman–Crippen LogP) is 4.14. The molecule has 1 aliphatic carbocycles. The SMILES string of the molecule is CC(C)NCC(CCCC1CCCO1)C1CCCC1. The van der Waals surface area contributed by atoms with Gasteiger partial charge in [-0.05, 0) is 44.1 Å². The van der Waals surface area contributed by atoms with Gasteiger partial charge in [-0.1, -0.05) is 46.0 Å². The summed E-state index contributed by atoms with van der Waals surface area (Å²) < 4.78 is 5.74. The molecule has 2 aliphatic rings. The van der Waals surface area contributed by atoms with Gasteiger partial charge in [-0.25, -0.2) is 0 Å². The summed E-state index contributed by atoms with van der Waals surface area (Å²) >= 11 is 0. The van der Waals surface area contributed by atoms with Crippen LogP contribution in [0.1, 0.15) is 71.6 Å². The lowest BCUT2D eigenvalue weighted by molar-refractivity contribution is 0.0994. The molecule has 2 atom stereocenters. The van der Waals surface area contributed by atoms with Crippen LogP contribution in [-0.2, 0) is 4.74 Å². The number of ether oxygens (including phenoxy) is 1. The Morgan fingerprint density at radius 3 is 2.53 bits per heavy atom. The van der Waals surface area contributed by atoms with Gasteiger partial charge in [0.25, 0.3) is 0 Å². The Balaban J connectivity index is 1.68. The quantitative estimate of drug-likeness (QED) is 0.713. The lowest BCUT2D eigenvalue weighted by atomic mass is 9.86. The fraction of sp³-hybridized carbons (Fsp3) is 1.00. The van der Waals surface area contributed by atoms with Crippen LogP contribution < -0.4 is 5.32 Å². The summed E-state index contributed by atoms with van der Waals surface area (Å²) in [5.74, 6) is 1.90. The third-order valence-electron chi connectivity index (χ3n) is 4.98. The monoisotopic (exact) mass is 267 g/mol. The molecule has 2 rings (SSSR count). The first kappa shape index (κ1) is 15.3. The second-order valence-electron chi connectivity index (χ2n) is 6.93. The highest BCUT2D eigenvalue weighted by Gasteiger charge is 2.25. The number of hydrogen-bond donors (Lipinski definition) is 1. The number of rotatable bonds is 8. The summed E-state index contributed by atoms with van der Waals surface area (Å²) in [5.41, 5.74) is 0. The van der Waals surface area contributed by atoms with Crippen LogP contribution in [0.2, 0.25) is 0 Å². The maximum Gasteiger partial charge on any atom is 0.0576 e. The Bertz CT molecular complexity index is 229. The first-order chi connectivity index (χ1) is 9.25. The zero-order chi connectivity index (χ0) is 13.5. The van der Waals surface area contributed by atoms with Crippen molar-refractivity contribution in [2.24, 2.45) is 11.8 Å². The Morgan fingerprint density at radius 2 is 1.89 bits per heavy atom. The first-order valence-corrected chi connectivity index (χ1v) is 8.60. The molecular weight excluding hydrogens is 234 g/mol. The number of hydrogen-bond acceptors (Lipinski definition) is 2. The van der Waals surface area contributed by atoms with Crippen LogP contribution in [0.3, 0.4) is 0 Å². The van der Waals surface area contributed by atoms with Crippen LogP contribution in [0.15, 0.2) is 0 Å². The molecule has 2 unspecified atom stereocenters. The van der Waals surface area contributed by atoms with Crippen LogP contribution in [0, 0.1) is 11.8 Å². The van der Waals surface area contributed by atoms with Crippen molar-refractivity contribution in [2.75, 3.05) is 13.2 Å². The van der Waals surface area contributed by atoms with Crippen LogP contribution in [-0.4, -0.2) is 25.3 Å². The van der Waals surface area contributed by atoms with E-state index in [-0.39, 0.29) is 0 Å². The van der Waals surface area contributed by atoms with Gasteiger partial charge < -0.3 is 10.1 Å². The van der Waals surface area contributed by atoms with Crippen molar-refractivity contribution in [1.82, 2.24) is 5.32 Å². The lowest BCUT2D eigenvalue weighted by Crippen LogP contribution is -2.32. The van der Waals surface area contributed by atoms with E-state index in [0.29, 0.717) is 12.1 Å². The van der Waals surface area contributed by atoms with Gasteiger partial charge in [0.15, 0.2) is 0 Å². The molecule has 0 radical (unpaired) electrons. The molecule has 112 valence electrons. The van der Waals surface area contributed by atoms with Crippen LogP contribution in [0.4, 0.5) is 0 Å². The van der Waals surface area contributed by atoms with E-state index in [2.05, 4.69) is 19.2 Å². The van der Waals surface area contributed by atoms with Gasteiger partial charge in [0.1, 0.15) is 0 Å². The molecule has 1 heterocycles. The molecule has 0 spiro atoms. The second-order valence-corrected chi connectivity index (χ2v) is 6.93. The van der Waals surface area contributed by atoms with Gasteiger partial charge in [-0.2, -0.15) is 0 Å². The van der Waals surface area contributed by atoms with Crippen molar-refractivity contribution in [1.29, 1.82) is 0 Å². The van der Waals surface area contributed by atoms with Crippen molar-refractivity contribution in [3.63, 3.8) is 0 Å². The minimum absolute atomic E-state index is 0.585. The largest absolute Gasteiger partial charge is 0.378 e. The van der Waals surface area contributed by atoms with E-state index in [1.165, 1.54) is 64.3 Å². The molecule has 1 aliphatic heterocycles. The molecule has 0 bridgehead atoms. The average molecular weight is 267 g/mol. The van der Waals surface area contributed by atoms with Gasteiger partial charge >= 0.3 is 0 Å². The summed E-state index contributed by atoms with van der Waals surface area (Å²) in [7, 11) is 0. The third-order valence-corrected chi connectivity index (χ3v) is 4.98. The van der Waals surface area contributed by atoms with E-state index in [9.17, 15) is 0 Å². The maximum absolute atomic E-state index is 5.74. The fourth-order valence-corrected chi connectivity index (χ4v) is 3.80. The van der Waals surface area contributed by atoms with Gasteiger partial charge in [0.05, 0.1) is 6.10 Å². The van der Waals surface area contributed by atoms with Crippen LogP contribution in [0.5, 0.6) is 0 Å². The highest BCUT2D eigenvalue weighted by Crippen LogP contribution is 2.34. The lowest BCUT2D eigenvalue weighted by Gasteiger charge is -2.25. The summed E-state index contributed by atoms with van der Waals surface area (Å²) in [4.78, 5) is 0. The molecule has 0 amide bonds. The Kier molecular flexibility index (Phi) is 6.66. The highest BCUT2D eigenvalue weighted by molar-refractivity contribution is 4.78. The van der Waals surface area contributed by atoms with Crippen molar-refractivity contribution in [2.45, 2.75) is 83.8 Å². The summed E-state index contributed by atoms with van der Waals surface area (Å²) in [5, 5.41) is 3.67. The summed E-state index contributed by atoms with van der Waals surface area (Å²) in [6.07, 6.45) is 13.1. The van der Waals surface area contributed by atoms with E-state index >= 15 is 0 Å². The van der Waals surface area contributed by atoms with E-state index < -0.39 is 0 Å². The second kappa shape index (κ2) is 8.26. The smallest absolute Gasteiger partial charge is 0.0576 e. The number of nitrogens with one attached hydrogen (secondary N) is 1. The van der Waals surface area contributed by atoms with Crippen LogP contribution in [0.25, 0.3) is 0 Å². The zero-order valence-electron chi connectivity index (χ0n) is 13.0. The standard InChI is InChI=1S/C17H33NO/c1-14(2)18-13-16(15-7-3-4-8-15)9-5-10-17-11-6-12-19-17/h14-18H,3-13H2,1-2H3. The topological polar surface area (TPSA) is 21.3 Å². The van der Waals surface area contributed by atoms with E-state index in [1.54, 1.807) is 0 Å². The minimum Gasteiger partial charge on any atom is -0.378 e. The average Bonchev–Trinajstić information content (AvgIpc) is 3.05. The molecule has 2 nitrogen and oxygen atoms in total. The summed E-state index contributed by atoms with van der Waals surface area (Å²) in [6, 6.07) is 0.627. The molecule has 1 saturated heterocycles. The van der Waals surface area contributed by atoms with Gasteiger partial charge in [0, 0.05) is 12.6 Å². The Hall–Kier alpha value is -0.0800. The molecule has 19 heavy (non-hydrogen) atoms. The fourth-order valence-electron chi connectivity index (χ4n) is 3.80. The van der Waals surface area contributed by atoms with E-state index in [4.69, 9.17) is 4.74 Å². The van der Waals surface area contributed by atoms with Crippen molar-refractivity contribution >= 4 is 0 Å². The van der Waals surface area contributed by atoms with Crippen molar-refractivity contribution in [3.05, 3.63) is 0 Å². The summed E-state index contributed by atoms with van der Waals surface area (Å²) in [6.45, 7) is 6.76. The molecule has 0 aromatic heterocycles. The zero-order valence-corrected chi connectivity index (χ0v) is 13.0. The molecule has 1 saturated carbocycles. The molecular formula is C17H33NO.